The van der Waals surface area contributed by atoms with Gasteiger partial charge in [-0.2, -0.15) is 0 Å². The summed E-state index contributed by atoms with van der Waals surface area (Å²) in [6, 6.07) is 3.73. The van der Waals surface area contributed by atoms with Crippen molar-refractivity contribution < 1.29 is 18.1 Å². The molecule has 0 spiro atoms. The van der Waals surface area contributed by atoms with Gasteiger partial charge in [0.2, 0.25) is 10.0 Å². The summed E-state index contributed by atoms with van der Waals surface area (Å²) in [7, 11) is -4.07. The number of ether oxygens (including phenoxy) is 1. The number of nitrogens with one attached hydrogen (secondary N) is 2. The van der Waals surface area contributed by atoms with Crippen molar-refractivity contribution in [1.29, 1.82) is 0 Å². The largest absolute Gasteiger partial charge is 0.376 e. The van der Waals surface area contributed by atoms with Crippen molar-refractivity contribution in [2.45, 2.75) is 11.0 Å². The Morgan fingerprint density at radius 2 is 2.29 bits per heavy atom. The van der Waals surface area contributed by atoms with Crippen molar-refractivity contribution in [3.8, 4) is 0 Å². The Kier molecular flexibility index (Phi) is 4.73. The van der Waals surface area contributed by atoms with Gasteiger partial charge in [0, 0.05) is 25.7 Å². The topological polar surface area (TPSA) is 137 Å². The monoisotopic (exact) mass is 316 g/mol. The molecular weight excluding hydrogens is 300 g/mol. The Labute approximate surface area is 121 Å². The molecule has 2 rings (SSSR count). The van der Waals surface area contributed by atoms with Crippen molar-refractivity contribution in [2.75, 3.05) is 31.6 Å². The number of hydrogen-bond donors (Lipinski definition) is 3. The Morgan fingerprint density at radius 1 is 1.52 bits per heavy atom. The van der Waals surface area contributed by atoms with Gasteiger partial charge in [0.05, 0.1) is 17.6 Å². The lowest BCUT2D eigenvalue weighted by atomic mass is 10.2. The summed E-state index contributed by atoms with van der Waals surface area (Å²) in [5.41, 5.74) is -0.454. The number of nitrogens with two attached hydrogens (primary N) is 1. The summed E-state index contributed by atoms with van der Waals surface area (Å²) in [5, 5.41) is 22.0. The Bertz CT molecular complexity index is 628. The third kappa shape index (κ3) is 3.88. The van der Waals surface area contributed by atoms with E-state index in [1.54, 1.807) is 0 Å². The van der Waals surface area contributed by atoms with Crippen LogP contribution in [0.3, 0.4) is 0 Å². The lowest BCUT2D eigenvalue weighted by molar-refractivity contribution is -0.384. The summed E-state index contributed by atoms with van der Waals surface area (Å²) < 4.78 is 28.6. The summed E-state index contributed by atoms with van der Waals surface area (Å²) in [6.07, 6.45) is -0.202. The molecule has 1 aliphatic heterocycles. The number of morpholine rings is 1. The molecule has 0 radical (unpaired) electrons. The van der Waals surface area contributed by atoms with Crippen LogP contribution in [-0.2, 0) is 14.8 Å². The van der Waals surface area contributed by atoms with Gasteiger partial charge in [-0.1, -0.05) is 6.07 Å². The van der Waals surface area contributed by atoms with Gasteiger partial charge in [0.25, 0.3) is 5.69 Å². The SMILES string of the molecule is NS(=O)(=O)c1cccc([N+](=O)[O-])c1NC[C@H]1CNCCO1. The predicted octanol–water partition coefficient (Wildman–Crippen LogP) is -0.358. The second kappa shape index (κ2) is 6.35. The number of nitro groups is 1. The highest BCUT2D eigenvalue weighted by Crippen LogP contribution is 2.30. The van der Waals surface area contributed by atoms with E-state index >= 15 is 0 Å². The minimum Gasteiger partial charge on any atom is -0.376 e. The molecule has 1 heterocycles. The Morgan fingerprint density at radius 3 is 2.86 bits per heavy atom. The van der Waals surface area contributed by atoms with Crippen LogP contribution in [0.2, 0.25) is 0 Å². The van der Waals surface area contributed by atoms with Crippen LogP contribution in [0.4, 0.5) is 11.4 Å². The zero-order valence-corrected chi connectivity index (χ0v) is 11.9. The van der Waals surface area contributed by atoms with Crippen LogP contribution in [0.25, 0.3) is 0 Å². The first-order valence-corrected chi connectivity index (χ1v) is 7.80. The lowest BCUT2D eigenvalue weighted by Gasteiger charge is -2.24. The smallest absolute Gasteiger partial charge is 0.293 e. The van der Waals surface area contributed by atoms with Crippen LogP contribution in [0, 0.1) is 10.1 Å². The molecule has 1 aromatic rings. The molecule has 0 unspecified atom stereocenters. The van der Waals surface area contributed by atoms with Gasteiger partial charge in [0.15, 0.2) is 0 Å². The van der Waals surface area contributed by atoms with Gasteiger partial charge in [-0.15, -0.1) is 0 Å². The quantitative estimate of drug-likeness (QED) is 0.498. The van der Waals surface area contributed by atoms with E-state index in [0.29, 0.717) is 13.2 Å². The average Bonchev–Trinajstić information content (AvgIpc) is 2.44. The second-order valence-electron chi connectivity index (χ2n) is 4.53. The minimum atomic E-state index is -4.07. The van der Waals surface area contributed by atoms with Crippen molar-refractivity contribution in [2.24, 2.45) is 5.14 Å². The first kappa shape index (κ1) is 15.6. The van der Waals surface area contributed by atoms with Gasteiger partial charge >= 0.3 is 0 Å². The minimum absolute atomic E-state index is 0.112. The molecule has 1 atom stereocenters. The number of primary sulfonamides is 1. The van der Waals surface area contributed by atoms with Crippen LogP contribution in [0.5, 0.6) is 0 Å². The molecule has 0 aliphatic carbocycles. The third-order valence-electron chi connectivity index (χ3n) is 3.02. The highest BCUT2D eigenvalue weighted by molar-refractivity contribution is 7.89. The molecule has 116 valence electrons. The zero-order valence-electron chi connectivity index (χ0n) is 11.1. The fraction of sp³-hybridized carbons (Fsp3) is 0.455. The van der Waals surface area contributed by atoms with Gasteiger partial charge in [-0.25, -0.2) is 13.6 Å². The summed E-state index contributed by atoms with van der Waals surface area (Å²) >= 11 is 0. The van der Waals surface area contributed by atoms with Gasteiger partial charge < -0.3 is 15.4 Å². The normalized spacial score (nSPS) is 19.2. The molecule has 9 nitrogen and oxygen atoms in total. The highest BCUT2D eigenvalue weighted by Gasteiger charge is 2.24. The van der Waals surface area contributed by atoms with Crippen LogP contribution in [-0.4, -0.2) is 45.7 Å². The van der Waals surface area contributed by atoms with E-state index in [-0.39, 0.29) is 28.9 Å². The molecule has 1 saturated heterocycles. The molecule has 1 aromatic carbocycles. The van der Waals surface area contributed by atoms with Crippen LogP contribution < -0.4 is 15.8 Å². The van der Waals surface area contributed by atoms with Crippen LogP contribution in [0.1, 0.15) is 0 Å². The number of anilines is 1. The standard InChI is InChI=1S/C11H16N4O5S/c12-21(18,19)10-3-1-2-9(15(16)17)11(10)14-7-8-6-13-4-5-20-8/h1-3,8,13-14H,4-7H2,(H2,12,18,19)/t8-/m1/s1. The van der Waals surface area contributed by atoms with E-state index in [1.807, 2.05) is 0 Å². The van der Waals surface area contributed by atoms with Gasteiger partial charge in [0.1, 0.15) is 10.6 Å². The maximum absolute atomic E-state index is 11.6. The van der Waals surface area contributed by atoms with E-state index in [0.717, 1.165) is 6.54 Å². The Hall–Kier alpha value is -1.75. The first-order chi connectivity index (χ1) is 9.89. The molecule has 0 aromatic heterocycles. The summed E-state index contributed by atoms with van der Waals surface area (Å²) in [5.74, 6) is 0. The van der Waals surface area contributed by atoms with Crippen molar-refractivity contribution >= 4 is 21.4 Å². The van der Waals surface area contributed by atoms with Gasteiger partial charge in [-0.3, -0.25) is 10.1 Å². The molecular formula is C11H16N4O5S. The fourth-order valence-corrected chi connectivity index (χ4v) is 2.78. The van der Waals surface area contributed by atoms with Crippen molar-refractivity contribution in [1.82, 2.24) is 5.32 Å². The number of para-hydroxylation sites is 1. The number of rotatable bonds is 5. The van der Waals surface area contributed by atoms with Gasteiger partial charge in [-0.05, 0) is 6.07 Å². The third-order valence-corrected chi connectivity index (χ3v) is 3.97. The first-order valence-electron chi connectivity index (χ1n) is 6.26. The van der Waals surface area contributed by atoms with E-state index in [2.05, 4.69) is 10.6 Å². The molecule has 0 amide bonds. The summed E-state index contributed by atoms with van der Waals surface area (Å²) in [6.45, 7) is 2.09. The number of nitro benzene ring substituents is 1. The number of hydrogen-bond acceptors (Lipinski definition) is 7. The molecule has 21 heavy (non-hydrogen) atoms. The van der Waals surface area contributed by atoms with E-state index in [9.17, 15) is 18.5 Å². The lowest BCUT2D eigenvalue weighted by Crippen LogP contribution is -2.42. The van der Waals surface area contributed by atoms with Crippen LogP contribution in [0.15, 0.2) is 23.1 Å². The Balaban J connectivity index is 2.28. The predicted molar refractivity (Wildman–Crippen MR) is 75.6 cm³/mol. The van der Waals surface area contributed by atoms with Crippen molar-refractivity contribution in [3.63, 3.8) is 0 Å². The fourth-order valence-electron chi connectivity index (χ4n) is 2.05. The highest BCUT2D eigenvalue weighted by atomic mass is 32.2. The van der Waals surface area contributed by atoms with E-state index in [4.69, 9.17) is 9.88 Å². The van der Waals surface area contributed by atoms with E-state index < -0.39 is 14.9 Å². The molecule has 0 saturated carbocycles. The average molecular weight is 316 g/mol. The van der Waals surface area contributed by atoms with Crippen molar-refractivity contribution in [3.05, 3.63) is 28.3 Å². The number of benzene rings is 1. The molecule has 1 fully saturated rings. The number of nitrogens with zero attached hydrogens (tertiary/aromatic N) is 1. The second-order valence-corrected chi connectivity index (χ2v) is 6.06. The summed E-state index contributed by atoms with van der Waals surface area (Å²) in [4.78, 5) is 10.1. The maximum atomic E-state index is 11.6. The molecule has 1 aliphatic rings. The van der Waals surface area contributed by atoms with E-state index in [1.165, 1.54) is 18.2 Å². The molecule has 0 bridgehead atoms. The molecule has 10 heteroatoms. The number of sulfonamides is 1. The molecule has 4 N–H and O–H groups in total. The van der Waals surface area contributed by atoms with Crippen LogP contribution >= 0.6 is 0 Å². The zero-order chi connectivity index (χ0) is 15.5. The maximum Gasteiger partial charge on any atom is 0.293 e.